The Labute approximate surface area is 200 Å². The molecular weight excluding hydrogens is 467 g/mol. The second-order valence-corrected chi connectivity index (χ2v) is 7.08. The molecule has 178 valence electrons. The third kappa shape index (κ3) is 4.79. The van der Waals surface area contributed by atoms with E-state index in [4.69, 9.17) is 30.5 Å². The Morgan fingerprint density at radius 2 is 1.41 bits per heavy atom. The molecule has 1 aromatic heterocycles. The summed E-state index contributed by atoms with van der Waals surface area (Å²) in [4.78, 5) is 34.4. The lowest BCUT2D eigenvalue weighted by Crippen LogP contribution is -2.17. The van der Waals surface area contributed by atoms with Gasteiger partial charge in [-0.2, -0.15) is 0 Å². The number of methoxy groups -OCH3 is 2. The number of carbonyl (C=O) groups excluding carboxylic acids is 2. The van der Waals surface area contributed by atoms with Crippen molar-refractivity contribution in [2.75, 3.05) is 27.4 Å². The molecular formula is C24H22ClFN2O6. The van der Waals surface area contributed by atoms with E-state index >= 15 is 0 Å². The number of hydrogen-bond acceptors (Lipinski definition) is 8. The van der Waals surface area contributed by atoms with Gasteiger partial charge in [0.2, 0.25) is 0 Å². The van der Waals surface area contributed by atoms with Crippen LogP contribution in [-0.2, 0) is 9.47 Å². The molecule has 0 bridgehead atoms. The molecule has 34 heavy (non-hydrogen) atoms. The van der Waals surface area contributed by atoms with Gasteiger partial charge in [0.1, 0.15) is 17.2 Å². The lowest BCUT2D eigenvalue weighted by Gasteiger charge is -2.16. The van der Waals surface area contributed by atoms with E-state index in [1.165, 1.54) is 38.5 Å². The van der Waals surface area contributed by atoms with Crippen LogP contribution in [0, 0.1) is 5.82 Å². The van der Waals surface area contributed by atoms with Crippen LogP contribution in [0.15, 0.2) is 36.4 Å². The summed E-state index contributed by atoms with van der Waals surface area (Å²) in [5.41, 5.74) is -0.593. The number of halogens is 2. The van der Waals surface area contributed by atoms with Gasteiger partial charge in [-0.1, -0.05) is 23.7 Å². The van der Waals surface area contributed by atoms with Gasteiger partial charge in [-0.25, -0.2) is 23.9 Å². The molecule has 0 saturated carbocycles. The predicted molar refractivity (Wildman–Crippen MR) is 123 cm³/mol. The minimum Gasteiger partial charge on any atom is -0.493 e. The Morgan fingerprint density at radius 1 is 0.853 bits per heavy atom. The van der Waals surface area contributed by atoms with E-state index in [0.29, 0.717) is 5.75 Å². The van der Waals surface area contributed by atoms with E-state index in [0.717, 1.165) is 0 Å². The minimum atomic E-state index is -0.846. The fraction of sp³-hybridized carbons (Fsp3) is 0.250. The lowest BCUT2D eigenvalue weighted by atomic mass is 10.0. The topological polar surface area (TPSA) is 96.8 Å². The number of rotatable bonds is 8. The Balaban J connectivity index is 2.40. The van der Waals surface area contributed by atoms with Crippen molar-refractivity contribution in [2.24, 2.45) is 0 Å². The maximum absolute atomic E-state index is 14.7. The highest BCUT2D eigenvalue weighted by atomic mass is 35.5. The summed E-state index contributed by atoms with van der Waals surface area (Å²) in [5.74, 6) is -1.80. The molecule has 0 radical (unpaired) electrons. The predicted octanol–water partition coefficient (Wildman–Crippen LogP) is 4.97. The van der Waals surface area contributed by atoms with Crippen LogP contribution in [0.25, 0.3) is 22.5 Å². The smallest absolute Gasteiger partial charge is 0.359 e. The molecule has 0 saturated heterocycles. The molecule has 8 nitrogen and oxygen atoms in total. The monoisotopic (exact) mass is 488 g/mol. The van der Waals surface area contributed by atoms with Gasteiger partial charge in [-0.05, 0) is 38.1 Å². The van der Waals surface area contributed by atoms with Gasteiger partial charge >= 0.3 is 11.9 Å². The van der Waals surface area contributed by atoms with Crippen LogP contribution in [0.2, 0.25) is 5.02 Å². The molecule has 3 rings (SSSR count). The first-order chi connectivity index (χ1) is 16.4. The maximum Gasteiger partial charge on any atom is 0.359 e. The van der Waals surface area contributed by atoms with E-state index in [1.807, 2.05) is 0 Å². The van der Waals surface area contributed by atoms with Crippen LogP contribution in [-0.4, -0.2) is 49.3 Å². The Bertz CT molecular complexity index is 1230. The van der Waals surface area contributed by atoms with Gasteiger partial charge in [-0.3, -0.25) is 0 Å². The van der Waals surface area contributed by atoms with Crippen molar-refractivity contribution in [1.29, 1.82) is 0 Å². The van der Waals surface area contributed by atoms with Crippen LogP contribution in [0.3, 0.4) is 0 Å². The van der Waals surface area contributed by atoms with Crippen LogP contribution >= 0.6 is 11.6 Å². The Morgan fingerprint density at radius 3 is 1.91 bits per heavy atom. The number of nitrogens with zero attached hydrogens (tertiary/aromatic N) is 2. The largest absolute Gasteiger partial charge is 0.493 e. The molecule has 0 aliphatic carbocycles. The number of aromatic nitrogens is 2. The molecule has 0 spiro atoms. The number of esters is 2. The summed E-state index contributed by atoms with van der Waals surface area (Å²) in [5, 5.41) is 0.0650. The molecule has 3 aromatic rings. The van der Waals surface area contributed by atoms with Gasteiger partial charge in [-0.15, -0.1) is 0 Å². The highest BCUT2D eigenvalue weighted by Crippen LogP contribution is 2.42. The van der Waals surface area contributed by atoms with Crippen molar-refractivity contribution < 1.29 is 32.9 Å². The molecule has 0 aliphatic heterocycles. The van der Waals surface area contributed by atoms with E-state index in [1.54, 1.807) is 26.0 Å². The van der Waals surface area contributed by atoms with Crippen molar-refractivity contribution in [3.8, 4) is 34.0 Å². The molecule has 2 aromatic carbocycles. The molecule has 10 heteroatoms. The third-order valence-corrected chi connectivity index (χ3v) is 5.08. The van der Waals surface area contributed by atoms with Crippen LogP contribution in [0.4, 0.5) is 4.39 Å². The maximum atomic E-state index is 14.7. The second kappa shape index (κ2) is 10.9. The summed E-state index contributed by atoms with van der Waals surface area (Å²) in [6.07, 6.45) is 0. The molecule has 0 aliphatic rings. The summed E-state index contributed by atoms with van der Waals surface area (Å²) in [6.45, 7) is 3.34. The molecule has 1 heterocycles. The van der Waals surface area contributed by atoms with Gasteiger partial charge in [0.05, 0.1) is 32.5 Å². The lowest BCUT2D eigenvalue weighted by molar-refractivity contribution is 0.0502. The van der Waals surface area contributed by atoms with Crippen LogP contribution < -0.4 is 9.47 Å². The highest BCUT2D eigenvalue weighted by Gasteiger charge is 2.29. The second-order valence-electron chi connectivity index (χ2n) is 6.70. The zero-order valence-electron chi connectivity index (χ0n) is 19.0. The quantitative estimate of drug-likeness (QED) is 0.410. The van der Waals surface area contributed by atoms with E-state index < -0.39 is 17.8 Å². The number of carbonyl (C=O) groups is 2. The minimum absolute atomic E-state index is 0.0337. The third-order valence-electron chi connectivity index (χ3n) is 4.70. The highest BCUT2D eigenvalue weighted by molar-refractivity contribution is 6.35. The normalized spacial score (nSPS) is 10.5. The molecule has 0 amide bonds. The molecule has 0 N–H and O–H groups in total. The summed E-state index contributed by atoms with van der Waals surface area (Å²) in [6, 6.07) is 8.77. The average molecular weight is 489 g/mol. The number of benzene rings is 2. The Kier molecular flexibility index (Phi) is 8.01. The van der Waals surface area contributed by atoms with Gasteiger partial charge in [0.15, 0.2) is 22.9 Å². The van der Waals surface area contributed by atoms with Crippen LogP contribution in [0.1, 0.15) is 34.8 Å². The molecule has 0 fully saturated rings. The zero-order valence-corrected chi connectivity index (χ0v) is 19.7. The van der Waals surface area contributed by atoms with Crippen LogP contribution in [0.5, 0.6) is 11.5 Å². The standard InChI is InChI=1S/C24H22ClFN2O6/c1-5-33-23(29)20-18(13-9-7-8-10-15(13)26)27-21(24(30)34-6-2)19(28-20)14-11-12-16(31-3)22(32-4)17(14)25/h7-12H,5-6H2,1-4H3. The fourth-order valence-corrected chi connectivity index (χ4v) is 3.54. The summed E-state index contributed by atoms with van der Waals surface area (Å²) in [7, 11) is 2.84. The summed E-state index contributed by atoms with van der Waals surface area (Å²) < 4.78 is 35.5. The summed E-state index contributed by atoms with van der Waals surface area (Å²) >= 11 is 6.56. The first kappa shape index (κ1) is 24.9. The van der Waals surface area contributed by atoms with E-state index in [2.05, 4.69) is 9.97 Å². The Hall–Kier alpha value is -3.72. The van der Waals surface area contributed by atoms with Gasteiger partial charge in [0, 0.05) is 11.1 Å². The van der Waals surface area contributed by atoms with Gasteiger partial charge in [0.25, 0.3) is 0 Å². The number of ether oxygens (including phenoxy) is 4. The SMILES string of the molecule is CCOC(=O)c1nc(-c2ccc(OC)c(OC)c2Cl)c(C(=O)OCC)nc1-c1ccccc1F. The molecule has 0 unspecified atom stereocenters. The van der Waals surface area contributed by atoms with Gasteiger partial charge < -0.3 is 18.9 Å². The number of hydrogen-bond donors (Lipinski definition) is 0. The van der Waals surface area contributed by atoms with Crippen molar-refractivity contribution in [3.05, 3.63) is 58.6 Å². The van der Waals surface area contributed by atoms with Crippen molar-refractivity contribution in [1.82, 2.24) is 9.97 Å². The fourth-order valence-electron chi connectivity index (χ4n) is 3.22. The van der Waals surface area contributed by atoms with E-state index in [-0.39, 0.29) is 57.9 Å². The average Bonchev–Trinajstić information content (AvgIpc) is 2.83. The van der Waals surface area contributed by atoms with Crippen molar-refractivity contribution in [3.63, 3.8) is 0 Å². The first-order valence-electron chi connectivity index (χ1n) is 10.3. The van der Waals surface area contributed by atoms with E-state index in [9.17, 15) is 14.0 Å². The van der Waals surface area contributed by atoms with Crippen molar-refractivity contribution in [2.45, 2.75) is 13.8 Å². The molecule has 0 atom stereocenters. The first-order valence-corrected chi connectivity index (χ1v) is 10.7. The van der Waals surface area contributed by atoms with Crippen molar-refractivity contribution >= 4 is 23.5 Å². The zero-order chi connectivity index (χ0) is 24.8.